The summed E-state index contributed by atoms with van der Waals surface area (Å²) in [5.41, 5.74) is -0.960. The van der Waals surface area contributed by atoms with Gasteiger partial charge in [0.05, 0.1) is 19.3 Å². The molecular weight excluding hydrogens is 372 g/mol. The van der Waals surface area contributed by atoms with Crippen LogP contribution in [0.5, 0.6) is 0 Å². The Balaban J connectivity index is 1.52. The van der Waals surface area contributed by atoms with E-state index in [-0.39, 0.29) is 5.91 Å². The molecule has 2 saturated heterocycles. The van der Waals surface area contributed by atoms with Gasteiger partial charge in [0.1, 0.15) is 17.1 Å². The van der Waals surface area contributed by atoms with Crippen molar-refractivity contribution in [1.29, 1.82) is 5.26 Å². The molecule has 29 heavy (non-hydrogen) atoms. The van der Waals surface area contributed by atoms with E-state index in [0.717, 1.165) is 13.1 Å². The number of carbonyl (C=O) groups is 1. The third-order valence-electron chi connectivity index (χ3n) is 5.33. The van der Waals surface area contributed by atoms with Crippen LogP contribution in [0.4, 0.5) is 23.5 Å². The van der Waals surface area contributed by atoms with Crippen molar-refractivity contribution in [2.24, 2.45) is 5.41 Å². The first-order valence-electron chi connectivity index (χ1n) is 9.64. The van der Waals surface area contributed by atoms with E-state index in [9.17, 15) is 10.1 Å². The number of amides is 1. The van der Waals surface area contributed by atoms with Crippen LogP contribution in [-0.2, 0) is 9.53 Å². The minimum Gasteiger partial charge on any atom is -0.378 e. The highest BCUT2D eigenvalue weighted by Gasteiger charge is 2.46. The highest BCUT2D eigenvalue weighted by atomic mass is 16.5. The lowest BCUT2D eigenvalue weighted by molar-refractivity contribution is -0.123. The number of nitrogens with one attached hydrogen (secondary N) is 1. The summed E-state index contributed by atoms with van der Waals surface area (Å²) in [4.78, 5) is 33.9. The average Bonchev–Trinajstić information content (AvgIpc) is 3.11. The van der Waals surface area contributed by atoms with Gasteiger partial charge in [-0.05, 0) is 25.0 Å². The Bertz CT molecular complexity index is 940. The number of nitriles is 1. The molecule has 2 aromatic heterocycles. The number of ether oxygens (including phenoxy) is 1. The summed E-state index contributed by atoms with van der Waals surface area (Å²) in [6, 6.07) is 5.59. The van der Waals surface area contributed by atoms with Gasteiger partial charge in [-0.2, -0.15) is 15.2 Å². The van der Waals surface area contributed by atoms with Crippen LogP contribution < -0.4 is 15.1 Å². The second kappa shape index (κ2) is 7.97. The van der Waals surface area contributed by atoms with Gasteiger partial charge in [-0.25, -0.2) is 9.97 Å². The summed E-state index contributed by atoms with van der Waals surface area (Å²) >= 11 is 0. The largest absolute Gasteiger partial charge is 0.378 e. The molecule has 1 amide bonds. The Morgan fingerprint density at radius 1 is 1.21 bits per heavy atom. The monoisotopic (exact) mass is 394 g/mol. The third kappa shape index (κ3) is 3.69. The van der Waals surface area contributed by atoms with E-state index in [4.69, 9.17) is 4.74 Å². The summed E-state index contributed by atoms with van der Waals surface area (Å²) in [5.74, 6) is 1.77. The normalized spacial score (nSPS) is 21.9. The maximum atomic E-state index is 12.8. The van der Waals surface area contributed by atoms with Crippen molar-refractivity contribution in [3.05, 3.63) is 24.5 Å². The first kappa shape index (κ1) is 19.0. The molecule has 10 nitrogen and oxygen atoms in total. The Kier molecular flexibility index (Phi) is 5.22. The molecule has 1 unspecified atom stereocenters. The quantitative estimate of drug-likeness (QED) is 0.804. The van der Waals surface area contributed by atoms with Gasteiger partial charge >= 0.3 is 0 Å². The molecule has 1 N–H and O–H groups in total. The Morgan fingerprint density at radius 2 is 2.00 bits per heavy atom. The molecule has 0 saturated carbocycles. The van der Waals surface area contributed by atoms with Crippen LogP contribution in [0, 0.1) is 16.7 Å². The van der Waals surface area contributed by atoms with Crippen molar-refractivity contribution in [3.63, 3.8) is 0 Å². The average molecular weight is 394 g/mol. The number of anilines is 4. The van der Waals surface area contributed by atoms with Crippen LogP contribution in [0.2, 0.25) is 0 Å². The van der Waals surface area contributed by atoms with E-state index >= 15 is 0 Å². The number of morpholine rings is 1. The second-order valence-electron chi connectivity index (χ2n) is 6.96. The van der Waals surface area contributed by atoms with E-state index in [2.05, 4.69) is 36.2 Å². The van der Waals surface area contributed by atoms with Crippen LogP contribution in [0.3, 0.4) is 0 Å². The Labute approximate surface area is 168 Å². The number of aromatic nitrogens is 4. The molecule has 0 bridgehead atoms. The summed E-state index contributed by atoms with van der Waals surface area (Å²) < 4.78 is 5.36. The molecule has 0 aromatic carbocycles. The number of hydrogen-bond donors (Lipinski definition) is 1. The predicted molar refractivity (Wildman–Crippen MR) is 106 cm³/mol. The molecule has 2 aliphatic rings. The number of carbonyl (C=O) groups excluding carboxylic acids is 1. The summed E-state index contributed by atoms with van der Waals surface area (Å²) in [6.45, 7) is 5.11. The minimum absolute atomic E-state index is 0.205. The lowest BCUT2D eigenvalue weighted by Gasteiger charge is -2.26. The fraction of sp³-hybridized carbons (Fsp3) is 0.474. The SMILES string of the molecule is CCC1(C#N)CCN(c2ccnc(Nc3ccnc(N4CCOCC4)n3)n2)C1=O. The maximum Gasteiger partial charge on any atom is 0.248 e. The van der Waals surface area contributed by atoms with Gasteiger partial charge in [0.15, 0.2) is 0 Å². The van der Waals surface area contributed by atoms with Crippen LogP contribution in [0.15, 0.2) is 24.5 Å². The van der Waals surface area contributed by atoms with Gasteiger partial charge in [0.25, 0.3) is 0 Å². The summed E-state index contributed by atoms with van der Waals surface area (Å²) in [5, 5.41) is 12.5. The van der Waals surface area contributed by atoms with Crippen LogP contribution in [0.25, 0.3) is 0 Å². The molecular formula is C19H22N8O2. The molecule has 0 aliphatic carbocycles. The zero-order valence-electron chi connectivity index (χ0n) is 16.2. The zero-order chi connectivity index (χ0) is 20.3. The molecule has 4 rings (SSSR count). The van der Waals surface area contributed by atoms with Crippen molar-refractivity contribution in [2.75, 3.05) is 48.0 Å². The molecule has 4 heterocycles. The van der Waals surface area contributed by atoms with Crippen LogP contribution in [0.1, 0.15) is 19.8 Å². The molecule has 10 heteroatoms. The number of nitrogens with zero attached hydrogens (tertiary/aromatic N) is 7. The number of rotatable bonds is 5. The maximum absolute atomic E-state index is 12.8. The summed E-state index contributed by atoms with van der Waals surface area (Å²) in [6.07, 6.45) is 4.25. The van der Waals surface area contributed by atoms with E-state index in [1.54, 1.807) is 29.4 Å². The first-order chi connectivity index (χ1) is 14.1. The highest BCUT2D eigenvalue weighted by Crippen LogP contribution is 2.36. The standard InChI is InChI=1S/C19H22N8O2/c1-2-19(13-20)5-8-27(16(19)28)15-4-7-21-17(25-15)23-14-3-6-22-18(24-14)26-9-11-29-12-10-26/h3-4,6-7H,2,5,8-12H2,1H3,(H,21,22,23,24,25). The Morgan fingerprint density at radius 3 is 2.72 bits per heavy atom. The van der Waals surface area contributed by atoms with E-state index in [0.29, 0.717) is 56.1 Å². The Hall–Kier alpha value is -3.32. The van der Waals surface area contributed by atoms with Gasteiger partial charge in [-0.1, -0.05) is 6.92 Å². The van der Waals surface area contributed by atoms with Gasteiger partial charge in [0.2, 0.25) is 17.8 Å². The van der Waals surface area contributed by atoms with Crippen LogP contribution >= 0.6 is 0 Å². The molecule has 0 spiro atoms. The smallest absolute Gasteiger partial charge is 0.248 e. The van der Waals surface area contributed by atoms with Crippen molar-refractivity contribution < 1.29 is 9.53 Å². The molecule has 2 fully saturated rings. The van der Waals surface area contributed by atoms with Crippen molar-refractivity contribution in [1.82, 2.24) is 19.9 Å². The van der Waals surface area contributed by atoms with E-state index in [1.807, 2.05) is 6.92 Å². The van der Waals surface area contributed by atoms with Gasteiger partial charge in [0, 0.05) is 32.0 Å². The lowest BCUT2D eigenvalue weighted by atomic mass is 9.85. The zero-order valence-corrected chi connectivity index (χ0v) is 16.2. The fourth-order valence-electron chi connectivity index (χ4n) is 3.51. The topological polar surface area (TPSA) is 120 Å². The van der Waals surface area contributed by atoms with E-state index < -0.39 is 5.41 Å². The van der Waals surface area contributed by atoms with Gasteiger partial charge in [-0.15, -0.1) is 0 Å². The molecule has 2 aliphatic heterocycles. The molecule has 150 valence electrons. The number of hydrogen-bond acceptors (Lipinski definition) is 9. The van der Waals surface area contributed by atoms with Crippen molar-refractivity contribution in [2.45, 2.75) is 19.8 Å². The van der Waals surface area contributed by atoms with Gasteiger partial charge in [-0.3, -0.25) is 9.69 Å². The van der Waals surface area contributed by atoms with E-state index in [1.165, 1.54) is 0 Å². The molecule has 2 aromatic rings. The third-order valence-corrected chi connectivity index (χ3v) is 5.33. The predicted octanol–water partition coefficient (Wildman–Crippen LogP) is 1.50. The lowest BCUT2D eigenvalue weighted by Crippen LogP contribution is -2.37. The van der Waals surface area contributed by atoms with Crippen molar-refractivity contribution in [3.8, 4) is 6.07 Å². The first-order valence-corrected chi connectivity index (χ1v) is 9.64. The highest BCUT2D eigenvalue weighted by molar-refractivity contribution is 6.01. The van der Waals surface area contributed by atoms with Crippen molar-refractivity contribution >= 4 is 29.4 Å². The van der Waals surface area contributed by atoms with Gasteiger partial charge < -0.3 is 15.0 Å². The molecule has 0 radical (unpaired) electrons. The fourth-order valence-corrected chi connectivity index (χ4v) is 3.51. The second-order valence-corrected chi connectivity index (χ2v) is 6.96. The summed E-state index contributed by atoms with van der Waals surface area (Å²) in [7, 11) is 0. The van der Waals surface area contributed by atoms with Crippen LogP contribution in [-0.4, -0.2) is 58.7 Å². The minimum atomic E-state index is -0.960. The molecule has 1 atom stereocenters.